The molecule has 8 heteroatoms. The molecule has 0 unspecified atom stereocenters. The predicted octanol–water partition coefficient (Wildman–Crippen LogP) is 3.83. The molecule has 5 atom stereocenters. The second-order valence-corrected chi connectivity index (χ2v) is 8.84. The molecule has 0 aliphatic carbocycles. The second kappa shape index (κ2) is 16.6. The van der Waals surface area contributed by atoms with Gasteiger partial charge in [0.2, 0.25) is 0 Å². The van der Waals surface area contributed by atoms with E-state index in [4.69, 9.17) is 15.2 Å². The van der Waals surface area contributed by atoms with Crippen LogP contribution in [-0.2, 0) is 19.1 Å². The third-order valence-corrected chi connectivity index (χ3v) is 5.53. The zero-order valence-corrected chi connectivity index (χ0v) is 20.8. The summed E-state index contributed by atoms with van der Waals surface area (Å²) < 4.78 is 10.7. The summed E-state index contributed by atoms with van der Waals surface area (Å²) >= 11 is 0. The Morgan fingerprint density at radius 2 is 1.97 bits per heavy atom. The van der Waals surface area contributed by atoms with Crippen LogP contribution in [0.3, 0.4) is 0 Å². The molecule has 4 N–H and O–H groups in total. The van der Waals surface area contributed by atoms with Gasteiger partial charge in [-0.15, -0.1) is 0 Å². The van der Waals surface area contributed by atoms with Crippen molar-refractivity contribution in [1.29, 1.82) is 0 Å². The quantitative estimate of drug-likeness (QED) is 0.236. The highest BCUT2D eigenvalue weighted by Crippen LogP contribution is 2.20. The topological polar surface area (TPSA) is 136 Å². The summed E-state index contributed by atoms with van der Waals surface area (Å²) in [5.41, 5.74) is 6.68. The summed E-state index contributed by atoms with van der Waals surface area (Å²) in [5, 5.41) is 20.5. The fourth-order valence-electron chi connectivity index (χ4n) is 3.59. The van der Waals surface area contributed by atoms with Crippen molar-refractivity contribution in [2.75, 3.05) is 0 Å². The van der Waals surface area contributed by atoms with Crippen LogP contribution in [0.15, 0.2) is 59.8 Å². The van der Waals surface area contributed by atoms with E-state index in [0.29, 0.717) is 44.1 Å². The van der Waals surface area contributed by atoms with E-state index in [-0.39, 0.29) is 5.92 Å². The minimum absolute atomic E-state index is 0.169. The predicted molar refractivity (Wildman–Crippen MR) is 134 cm³/mol. The molecule has 1 aliphatic rings. The fraction of sp³-hybridized carbons (Fsp3) is 0.519. The fourth-order valence-corrected chi connectivity index (χ4v) is 3.59. The molecule has 0 aromatic rings. The van der Waals surface area contributed by atoms with Crippen molar-refractivity contribution in [3.63, 3.8) is 0 Å². The largest absolute Gasteiger partial charge is 0.458 e. The standard InChI is InChI=1S/C27H39NO7/c1-19-10-6-4-8-12-24(35-27(28)33)23(31)15-14-22(30)11-7-5-9-13-26(32)34-25(17-19)21(3)16-20(2)18-29/h4,6,9-10,13-16,18,21-25,30-31H,5,7-8,11-12,17H2,1-3H3,(H2,28,33)/b6-4-,13-9-,15-14-,19-10+,20-16+/t21-,22+,23+,24+,25-/m1/s1. The van der Waals surface area contributed by atoms with Crippen LogP contribution in [0.5, 0.6) is 0 Å². The first-order valence-electron chi connectivity index (χ1n) is 12.0. The average molecular weight is 490 g/mol. The molecule has 1 rings (SSSR count). The number of nitrogens with two attached hydrogens (primary N) is 1. The van der Waals surface area contributed by atoms with Gasteiger partial charge in [-0.25, -0.2) is 9.59 Å². The monoisotopic (exact) mass is 489 g/mol. The summed E-state index contributed by atoms with van der Waals surface area (Å²) in [4.78, 5) is 34.6. The molecule has 0 aromatic carbocycles. The van der Waals surface area contributed by atoms with E-state index < -0.39 is 36.5 Å². The van der Waals surface area contributed by atoms with Gasteiger partial charge in [0, 0.05) is 18.4 Å². The van der Waals surface area contributed by atoms with E-state index in [1.165, 1.54) is 18.2 Å². The van der Waals surface area contributed by atoms with E-state index in [1.54, 1.807) is 19.1 Å². The lowest BCUT2D eigenvalue weighted by atomic mass is 9.96. The molecule has 1 amide bonds. The Balaban J connectivity index is 3.08. The molecule has 194 valence electrons. The number of allylic oxidation sites excluding steroid dienone is 5. The zero-order valence-electron chi connectivity index (χ0n) is 20.8. The first kappa shape index (κ1) is 30.1. The lowest BCUT2D eigenvalue weighted by molar-refractivity contribution is -0.144. The molecule has 0 saturated carbocycles. The molecule has 0 fully saturated rings. The Kier molecular flexibility index (Phi) is 14.3. The van der Waals surface area contributed by atoms with E-state index in [0.717, 1.165) is 11.9 Å². The van der Waals surface area contributed by atoms with Gasteiger partial charge in [-0.2, -0.15) is 0 Å². The number of aliphatic hydroxyl groups excluding tert-OH is 2. The first-order valence-corrected chi connectivity index (χ1v) is 12.0. The van der Waals surface area contributed by atoms with Crippen LogP contribution in [0.4, 0.5) is 4.79 Å². The van der Waals surface area contributed by atoms with Crippen LogP contribution in [0.2, 0.25) is 0 Å². The van der Waals surface area contributed by atoms with Gasteiger partial charge in [-0.3, -0.25) is 4.79 Å². The molecule has 0 spiro atoms. The summed E-state index contributed by atoms with van der Waals surface area (Å²) in [7, 11) is 0. The summed E-state index contributed by atoms with van der Waals surface area (Å²) in [6.45, 7) is 5.53. The highest BCUT2D eigenvalue weighted by Gasteiger charge is 2.21. The number of aldehydes is 1. The maximum absolute atomic E-state index is 12.4. The van der Waals surface area contributed by atoms with E-state index in [2.05, 4.69) is 0 Å². The van der Waals surface area contributed by atoms with Crippen molar-refractivity contribution in [1.82, 2.24) is 0 Å². The van der Waals surface area contributed by atoms with Crippen molar-refractivity contribution in [2.24, 2.45) is 11.7 Å². The Morgan fingerprint density at radius 3 is 2.66 bits per heavy atom. The van der Waals surface area contributed by atoms with Crippen LogP contribution in [-0.4, -0.2) is 53.0 Å². The summed E-state index contributed by atoms with van der Waals surface area (Å²) in [5.74, 6) is -0.626. The number of carbonyl (C=O) groups is 3. The third-order valence-electron chi connectivity index (χ3n) is 5.53. The molecule has 0 bridgehead atoms. The van der Waals surface area contributed by atoms with Gasteiger partial charge in [0.25, 0.3) is 0 Å². The number of esters is 1. The number of ether oxygens (including phenoxy) is 2. The molecule has 1 aliphatic heterocycles. The van der Waals surface area contributed by atoms with Crippen molar-refractivity contribution in [2.45, 2.75) is 83.7 Å². The number of amides is 1. The molecule has 0 aromatic heterocycles. The van der Waals surface area contributed by atoms with Crippen LogP contribution in [0.25, 0.3) is 0 Å². The molecule has 0 saturated heterocycles. The number of hydrogen-bond donors (Lipinski definition) is 3. The maximum Gasteiger partial charge on any atom is 0.404 e. The molecule has 8 nitrogen and oxygen atoms in total. The number of rotatable bonds is 4. The van der Waals surface area contributed by atoms with Gasteiger partial charge in [0.1, 0.15) is 24.6 Å². The normalized spacial score (nSPS) is 31.1. The Bertz CT molecular complexity index is 840. The molecule has 35 heavy (non-hydrogen) atoms. The Labute approximate surface area is 207 Å². The highest BCUT2D eigenvalue weighted by atomic mass is 16.6. The number of hydrogen-bond acceptors (Lipinski definition) is 7. The van der Waals surface area contributed by atoms with Crippen molar-refractivity contribution < 1.29 is 34.1 Å². The SMILES string of the molecule is C/C(C=O)=C\[C@@H](C)[C@H]1C/C(C)=C/C=C\CC[C@H](OC(N)=O)[C@@H](O)/C=C\[C@@H](O)CCC/C=C\C(=O)O1. The van der Waals surface area contributed by atoms with E-state index in [9.17, 15) is 24.6 Å². The average Bonchev–Trinajstić information content (AvgIpc) is 2.79. The van der Waals surface area contributed by atoms with Crippen LogP contribution in [0, 0.1) is 5.92 Å². The lowest BCUT2D eigenvalue weighted by Gasteiger charge is -2.22. The van der Waals surface area contributed by atoms with Gasteiger partial charge < -0.3 is 25.4 Å². The first-order chi connectivity index (χ1) is 16.6. The zero-order chi connectivity index (χ0) is 26.2. The number of primary amides is 1. The summed E-state index contributed by atoms with van der Waals surface area (Å²) in [6, 6.07) is 0. The molecule has 0 radical (unpaired) electrons. The van der Waals surface area contributed by atoms with Crippen LogP contribution < -0.4 is 5.73 Å². The van der Waals surface area contributed by atoms with Gasteiger partial charge in [-0.1, -0.05) is 55.0 Å². The highest BCUT2D eigenvalue weighted by molar-refractivity contribution is 5.82. The second-order valence-electron chi connectivity index (χ2n) is 8.84. The third kappa shape index (κ3) is 13.5. The Morgan fingerprint density at radius 1 is 1.23 bits per heavy atom. The summed E-state index contributed by atoms with van der Waals surface area (Å²) in [6.07, 6.45) is 12.9. The van der Waals surface area contributed by atoms with Crippen molar-refractivity contribution in [3.8, 4) is 0 Å². The molecular formula is C27H39NO7. The maximum atomic E-state index is 12.4. The van der Waals surface area contributed by atoms with Gasteiger partial charge in [-0.05, 0) is 51.5 Å². The van der Waals surface area contributed by atoms with Gasteiger partial charge in [0.05, 0.1) is 6.10 Å². The van der Waals surface area contributed by atoms with Gasteiger partial charge in [0.15, 0.2) is 0 Å². The van der Waals surface area contributed by atoms with Crippen molar-refractivity contribution >= 4 is 18.3 Å². The minimum atomic E-state index is -1.10. The number of aliphatic hydroxyl groups is 2. The van der Waals surface area contributed by atoms with Crippen LogP contribution in [0.1, 0.15) is 59.3 Å². The molecule has 1 heterocycles. The Hall–Kier alpha value is -2.97. The van der Waals surface area contributed by atoms with E-state index in [1.807, 2.05) is 32.1 Å². The number of cyclic esters (lactones) is 1. The lowest BCUT2D eigenvalue weighted by Crippen LogP contribution is -2.32. The smallest absolute Gasteiger partial charge is 0.404 e. The van der Waals surface area contributed by atoms with Crippen molar-refractivity contribution in [3.05, 3.63) is 59.8 Å². The minimum Gasteiger partial charge on any atom is -0.458 e. The van der Waals surface area contributed by atoms with Crippen LogP contribution >= 0.6 is 0 Å². The molecular weight excluding hydrogens is 450 g/mol. The van der Waals surface area contributed by atoms with E-state index >= 15 is 0 Å². The number of carbonyl (C=O) groups excluding carboxylic acids is 3. The van der Waals surface area contributed by atoms with Gasteiger partial charge >= 0.3 is 12.1 Å².